The van der Waals surface area contributed by atoms with E-state index in [0.717, 1.165) is 29.8 Å². The number of hydrogen-bond donors (Lipinski definition) is 2. The summed E-state index contributed by atoms with van der Waals surface area (Å²) in [6.07, 6.45) is 1.79. The topological polar surface area (TPSA) is 59.6 Å². The molecule has 0 aliphatic heterocycles. The number of nitrogens with two attached hydrogens (primary N) is 1. The number of aliphatic imine (C=N–C) groups is 1. The molecule has 0 amide bonds. The Bertz CT molecular complexity index is 686. The van der Waals surface area contributed by atoms with Gasteiger partial charge in [-0.2, -0.15) is 0 Å². The summed E-state index contributed by atoms with van der Waals surface area (Å²) in [6, 6.07) is 14.4. The Morgan fingerprint density at radius 2 is 2.00 bits per heavy atom. The number of nitrogens with zero attached hydrogens (tertiary/aromatic N) is 1. The Morgan fingerprint density at radius 1 is 1.21 bits per heavy atom. The van der Waals surface area contributed by atoms with Crippen molar-refractivity contribution in [2.24, 2.45) is 10.7 Å². The number of halogens is 1. The minimum absolute atomic E-state index is 0. The molecule has 0 heterocycles. The first-order chi connectivity index (χ1) is 11.1. The first-order valence-electron chi connectivity index (χ1n) is 7.91. The molecule has 0 fully saturated rings. The summed E-state index contributed by atoms with van der Waals surface area (Å²) >= 11 is 0. The number of hydrogen-bond acceptors (Lipinski definition) is 2. The maximum Gasteiger partial charge on any atom is 0.193 e. The second-order valence-electron chi connectivity index (χ2n) is 5.51. The van der Waals surface area contributed by atoms with Gasteiger partial charge in [-0.1, -0.05) is 36.8 Å². The molecule has 0 bridgehead atoms. The molecule has 3 N–H and O–H groups in total. The van der Waals surface area contributed by atoms with Gasteiger partial charge < -0.3 is 15.8 Å². The summed E-state index contributed by atoms with van der Waals surface area (Å²) in [4.78, 5) is 4.40. The summed E-state index contributed by atoms with van der Waals surface area (Å²) in [6.45, 7) is 4.82. The zero-order chi connectivity index (χ0) is 16.7. The van der Waals surface area contributed by atoms with Gasteiger partial charge in [-0.15, -0.1) is 24.0 Å². The van der Waals surface area contributed by atoms with Crippen LogP contribution in [0.1, 0.15) is 23.6 Å². The predicted molar refractivity (Wildman–Crippen MR) is 113 cm³/mol. The molecule has 2 rings (SSSR count). The quantitative estimate of drug-likeness (QED) is 0.404. The van der Waals surface area contributed by atoms with Crippen LogP contribution >= 0.6 is 24.0 Å². The highest BCUT2D eigenvalue weighted by Crippen LogP contribution is 2.20. The van der Waals surface area contributed by atoms with Crippen LogP contribution in [0, 0.1) is 6.92 Å². The maximum atomic E-state index is 5.97. The average molecular weight is 439 g/mol. The smallest absolute Gasteiger partial charge is 0.193 e. The molecular weight excluding hydrogens is 413 g/mol. The van der Waals surface area contributed by atoms with Gasteiger partial charge >= 0.3 is 0 Å². The molecule has 0 atom stereocenters. The molecule has 0 aliphatic rings. The van der Waals surface area contributed by atoms with E-state index in [1.165, 1.54) is 11.1 Å². The standard InChI is InChI=1S/C19H25N3O.HI/c1-4-15-6-5-7-17(13-15)22-19(20)21-11-10-16-12-14(2)8-9-18(16)23-3;/h5-9,12-13H,4,10-11H2,1-3H3,(H3,20,21,22);1H. The molecule has 24 heavy (non-hydrogen) atoms. The van der Waals surface area contributed by atoms with Crippen molar-refractivity contribution >= 4 is 35.6 Å². The van der Waals surface area contributed by atoms with Crippen LogP contribution in [-0.2, 0) is 12.8 Å². The summed E-state index contributed by atoms with van der Waals surface area (Å²) in [5.74, 6) is 1.33. The minimum atomic E-state index is 0. The number of methoxy groups -OCH3 is 1. The summed E-state index contributed by atoms with van der Waals surface area (Å²) in [5, 5.41) is 3.14. The van der Waals surface area contributed by atoms with Crippen molar-refractivity contribution < 1.29 is 4.74 Å². The summed E-state index contributed by atoms with van der Waals surface area (Å²) in [7, 11) is 1.69. The van der Waals surface area contributed by atoms with Crippen LogP contribution in [0.5, 0.6) is 5.75 Å². The molecule has 0 spiro atoms. The Hall–Kier alpha value is -1.76. The van der Waals surface area contributed by atoms with Gasteiger partial charge in [0.1, 0.15) is 5.75 Å². The lowest BCUT2D eigenvalue weighted by Gasteiger charge is -2.09. The van der Waals surface area contributed by atoms with Gasteiger partial charge in [-0.25, -0.2) is 0 Å². The predicted octanol–water partition coefficient (Wildman–Crippen LogP) is 4.15. The van der Waals surface area contributed by atoms with E-state index in [1.54, 1.807) is 7.11 Å². The second kappa shape index (κ2) is 10.2. The highest BCUT2D eigenvalue weighted by molar-refractivity contribution is 14.0. The van der Waals surface area contributed by atoms with Crippen molar-refractivity contribution in [1.29, 1.82) is 0 Å². The van der Waals surface area contributed by atoms with Crippen LogP contribution in [0.3, 0.4) is 0 Å². The van der Waals surface area contributed by atoms with Crippen LogP contribution in [0.15, 0.2) is 47.5 Å². The van der Waals surface area contributed by atoms with Crippen LogP contribution < -0.4 is 15.8 Å². The van der Waals surface area contributed by atoms with E-state index >= 15 is 0 Å². The Morgan fingerprint density at radius 3 is 2.71 bits per heavy atom. The second-order valence-corrected chi connectivity index (χ2v) is 5.51. The number of ether oxygens (including phenoxy) is 1. The fourth-order valence-electron chi connectivity index (χ4n) is 2.46. The van der Waals surface area contributed by atoms with Crippen molar-refractivity contribution in [3.05, 3.63) is 59.2 Å². The highest BCUT2D eigenvalue weighted by Gasteiger charge is 2.03. The third kappa shape index (κ3) is 6.03. The van der Waals surface area contributed by atoms with Crippen LogP contribution in [0.2, 0.25) is 0 Å². The highest BCUT2D eigenvalue weighted by atomic mass is 127. The first-order valence-corrected chi connectivity index (χ1v) is 7.91. The number of nitrogens with one attached hydrogen (secondary N) is 1. The maximum absolute atomic E-state index is 5.97. The van der Waals surface area contributed by atoms with E-state index in [0.29, 0.717) is 12.5 Å². The summed E-state index contributed by atoms with van der Waals surface area (Å²) in [5.41, 5.74) is 10.6. The average Bonchev–Trinajstić information content (AvgIpc) is 2.55. The Labute approximate surface area is 161 Å². The third-order valence-corrected chi connectivity index (χ3v) is 3.71. The third-order valence-electron chi connectivity index (χ3n) is 3.71. The molecule has 0 saturated heterocycles. The molecule has 0 saturated carbocycles. The van der Waals surface area contributed by atoms with E-state index in [4.69, 9.17) is 10.5 Å². The van der Waals surface area contributed by atoms with Crippen LogP contribution in [0.4, 0.5) is 5.69 Å². The first kappa shape index (κ1) is 20.3. The lowest BCUT2D eigenvalue weighted by atomic mass is 10.1. The number of aryl methyl sites for hydroxylation is 2. The van der Waals surface area contributed by atoms with E-state index in [1.807, 2.05) is 24.3 Å². The monoisotopic (exact) mass is 439 g/mol. The van der Waals surface area contributed by atoms with Crippen LogP contribution in [0.25, 0.3) is 0 Å². The normalized spacial score (nSPS) is 10.9. The van der Waals surface area contributed by atoms with Crippen molar-refractivity contribution in [3.8, 4) is 5.75 Å². The number of rotatable bonds is 6. The van der Waals surface area contributed by atoms with Gasteiger partial charge in [0.2, 0.25) is 0 Å². The van der Waals surface area contributed by atoms with Crippen molar-refractivity contribution in [2.45, 2.75) is 26.7 Å². The zero-order valence-corrected chi connectivity index (χ0v) is 16.8. The molecule has 0 radical (unpaired) electrons. The van der Waals surface area contributed by atoms with E-state index in [2.05, 4.69) is 42.4 Å². The van der Waals surface area contributed by atoms with Gasteiger partial charge in [0.25, 0.3) is 0 Å². The Kier molecular flexibility index (Phi) is 8.60. The number of anilines is 1. The van der Waals surface area contributed by atoms with Gasteiger partial charge in [0.05, 0.1) is 7.11 Å². The fraction of sp³-hybridized carbons (Fsp3) is 0.316. The zero-order valence-electron chi connectivity index (χ0n) is 14.5. The van der Waals surface area contributed by atoms with Gasteiger partial charge in [0, 0.05) is 12.2 Å². The van der Waals surface area contributed by atoms with Crippen LogP contribution in [-0.4, -0.2) is 19.6 Å². The lowest BCUT2D eigenvalue weighted by molar-refractivity contribution is 0.409. The van der Waals surface area contributed by atoms with E-state index < -0.39 is 0 Å². The molecule has 0 aliphatic carbocycles. The van der Waals surface area contributed by atoms with Crippen molar-refractivity contribution in [3.63, 3.8) is 0 Å². The molecule has 0 aromatic heterocycles. The van der Waals surface area contributed by atoms with E-state index in [9.17, 15) is 0 Å². The van der Waals surface area contributed by atoms with Crippen molar-refractivity contribution in [2.75, 3.05) is 19.0 Å². The molecule has 0 unspecified atom stereocenters. The largest absolute Gasteiger partial charge is 0.496 e. The molecule has 130 valence electrons. The molecule has 2 aromatic rings. The number of benzene rings is 2. The van der Waals surface area contributed by atoms with Crippen molar-refractivity contribution in [1.82, 2.24) is 0 Å². The summed E-state index contributed by atoms with van der Waals surface area (Å²) < 4.78 is 5.38. The SMILES string of the molecule is CCc1cccc(NC(N)=NCCc2cc(C)ccc2OC)c1.I. The van der Waals surface area contributed by atoms with E-state index in [-0.39, 0.29) is 24.0 Å². The van der Waals surface area contributed by atoms with Gasteiger partial charge in [0.15, 0.2) is 5.96 Å². The molecule has 4 nitrogen and oxygen atoms in total. The van der Waals surface area contributed by atoms with Gasteiger partial charge in [-0.05, 0) is 49.1 Å². The molecule has 5 heteroatoms. The fourth-order valence-corrected chi connectivity index (χ4v) is 2.46. The minimum Gasteiger partial charge on any atom is -0.496 e. The molecular formula is C19H26IN3O. The number of guanidine groups is 1. The Balaban J connectivity index is 0.00000288. The van der Waals surface area contributed by atoms with Gasteiger partial charge in [-0.3, -0.25) is 4.99 Å². The lowest BCUT2D eigenvalue weighted by Crippen LogP contribution is -2.23. The molecule has 2 aromatic carbocycles.